The Morgan fingerprint density at radius 3 is 2.44 bits per heavy atom. The zero-order chi connectivity index (χ0) is 13.9. The Balaban J connectivity index is 3.26. The average Bonchev–Trinajstić information content (AvgIpc) is 2.32. The standard InChI is InChI=1S/C12H16BrNO4/c1-6-8(13)4-7(5-9(14)12(15)16)11(18-3)10(6)17-2/h4,9H,5,14H2,1-3H3,(H,15,16). The van der Waals surface area contributed by atoms with Crippen LogP contribution in [0.1, 0.15) is 11.1 Å². The van der Waals surface area contributed by atoms with Gasteiger partial charge in [0.2, 0.25) is 0 Å². The maximum absolute atomic E-state index is 10.8. The van der Waals surface area contributed by atoms with Crippen LogP contribution in [0.2, 0.25) is 0 Å². The van der Waals surface area contributed by atoms with Gasteiger partial charge in [-0.05, 0) is 13.0 Å². The van der Waals surface area contributed by atoms with Crippen LogP contribution >= 0.6 is 15.9 Å². The van der Waals surface area contributed by atoms with Crippen LogP contribution in [-0.2, 0) is 11.2 Å². The van der Waals surface area contributed by atoms with Gasteiger partial charge in [-0.25, -0.2) is 0 Å². The van der Waals surface area contributed by atoms with Crippen LogP contribution in [0.25, 0.3) is 0 Å². The van der Waals surface area contributed by atoms with Gasteiger partial charge in [-0.2, -0.15) is 0 Å². The van der Waals surface area contributed by atoms with E-state index in [-0.39, 0.29) is 6.42 Å². The molecule has 0 aliphatic rings. The number of halogens is 1. The summed E-state index contributed by atoms with van der Waals surface area (Å²) in [4.78, 5) is 10.8. The zero-order valence-electron chi connectivity index (χ0n) is 10.5. The largest absolute Gasteiger partial charge is 0.493 e. The first-order valence-electron chi connectivity index (χ1n) is 5.30. The summed E-state index contributed by atoms with van der Waals surface area (Å²) in [5.41, 5.74) is 7.13. The van der Waals surface area contributed by atoms with Gasteiger partial charge in [-0.1, -0.05) is 15.9 Å². The van der Waals surface area contributed by atoms with Gasteiger partial charge >= 0.3 is 5.97 Å². The fourth-order valence-corrected chi connectivity index (χ4v) is 2.15. The van der Waals surface area contributed by atoms with Crippen LogP contribution in [0.4, 0.5) is 0 Å². The third-order valence-electron chi connectivity index (χ3n) is 2.66. The van der Waals surface area contributed by atoms with Gasteiger partial charge in [0.15, 0.2) is 11.5 Å². The monoisotopic (exact) mass is 317 g/mol. The number of carbonyl (C=O) groups is 1. The van der Waals surface area contributed by atoms with Crippen molar-refractivity contribution in [2.75, 3.05) is 14.2 Å². The lowest BCUT2D eigenvalue weighted by molar-refractivity contribution is -0.138. The Labute approximate surface area is 114 Å². The van der Waals surface area contributed by atoms with E-state index in [4.69, 9.17) is 20.3 Å². The number of aliphatic carboxylic acids is 1. The molecule has 0 spiro atoms. The fraction of sp³-hybridized carbons (Fsp3) is 0.417. The van der Waals surface area contributed by atoms with E-state index in [9.17, 15) is 4.79 Å². The molecule has 0 radical (unpaired) electrons. The maximum Gasteiger partial charge on any atom is 0.320 e. The summed E-state index contributed by atoms with van der Waals surface area (Å²) < 4.78 is 11.4. The topological polar surface area (TPSA) is 81.8 Å². The van der Waals surface area contributed by atoms with Crippen LogP contribution in [0.5, 0.6) is 11.5 Å². The molecule has 0 fully saturated rings. The minimum atomic E-state index is -1.05. The van der Waals surface area contributed by atoms with Gasteiger partial charge < -0.3 is 20.3 Å². The number of methoxy groups -OCH3 is 2. The number of nitrogens with two attached hydrogens (primary N) is 1. The number of benzene rings is 1. The van der Waals surface area contributed by atoms with Crippen LogP contribution in [0, 0.1) is 6.92 Å². The van der Waals surface area contributed by atoms with Crippen molar-refractivity contribution in [1.29, 1.82) is 0 Å². The number of hydrogen-bond donors (Lipinski definition) is 2. The molecular formula is C12H16BrNO4. The molecule has 0 saturated heterocycles. The van der Waals surface area contributed by atoms with E-state index < -0.39 is 12.0 Å². The predicted molar refractivity (Wildman–Crippen MR) is 71.3 cm³/mol. The minimum Gasteiger partial charge on any atom is -0.493 e. The smallest absolute Gasteiger partial charge is 0.320 e. The summed E-state index contributed by atoms with van der Waals surface area (Å²) in [5.74, 6) is 0.0575. The summed E-state index contributed by atoms with van der Waals surface area (Å²) in [6.07, 6.45) is 0.174. The molecule has 0 aliphatic heterocycles. The highest BCUT2D eigenvalue weighted by molar-refractivity contribution is 9.10. The molecule has 0 heterocycles. The van der Waals surface area contributed by atoms with E-state index >= 15 is 0 Å². The van der Waals surface area contributed by atoms with E-state index in [2.05, 4.69) is 15.9 Å². The molecule has 0 saturated carbocycles. The van der Waals surface area contributed by atoms with Gasteiger partial charge in [-0.3, -0.25) is 4.79 Å². The summed E-state index contributed by atoms with van der Waals surface area (Å²) in [5, 5.41) is 8.85. The summed E-state index contributed by atoms with van der Waals surface area (Å²) in [6, 6.07) is 0.831. The van der Waals surface area contributed by atoms with Crippen LogP contribution in [0.15, 0.2) is 10.5 Å². The highest BCUT2D eigenvalue weighted by atomic mass is 79.9. The number of carboxylic acid groups (broad SMARTS) is 1. The molecule has 6 heteroatoms. The third-order valence-corrected chi connectivity index (χ3v) is 3.49. The lowest BCUT2D eigenvalue weighted by Gasteiger charge is -2.17. The van der Waals surface area contributed by atoms with Gasteiger partial charge in [0.05, 0.1) is 14.2 Å². The Hall–Kier alpha value is -1.27. The van der Waals surface area contributed by atoms with Gasteiger partial charge in [0.25, 0.3) is 0 Å². The van der Waals surface area contributed by atoms with E-state index in [0.717, 1.165) is 10.0 Å². The molecule has 0 bridgehead atoms. The molecule has 1 rings (SSSR count). The zero-order valence-corrected chi connectivity index (χ0v) is 12.1. The quantitative estimate of drug-likeness (QED) is 0.864. The molecule has 5 nitrogen and oxygen atoms in total. The molecule has 3 N–H and O–H groups in total. The Morgan fingerprint density at radius 2 is 2.00 bits per heavy atom. The molecule has 100 valence electrons. The Bertz CT molecular complexity index is 462. The van der Waals surface area contributed by atoms with E-state index in [0.29, 0.717) is 17.1 Å². The molecule has 1 aromatic carbocycles. The maximum atomic E-state index is 10.8. The second-order valence-corrected chi connectivity index (χ2v) is 4.71. The molecule has 1 aromatic rings. The average molecular weight is 318 g/mol. The van der Waals surface area contributed by atoms with Crippen LogP contribution in [0.3, 0.4) is 0 Å². The highest BCUT2D eigenvalue weighted by Gasteiger charge is 2.20. The lowest BCUT2D eigenvalue weighted by atomic mass is 10.0. The Morgan fingerprint density at radius 1 is 1.44 bits per heavy atom. The SMILES string of the molecule is COc1c(CC(N)C(=O)O)cc(Br)c(C)c1OC. The first-order valence-corrected chi connectivity index (χ1v) is 6.10. The molecule has 0 amide bonds. The summed E-state index contributed by atoms with van der Waals surface area (Å²) in [7, 11) is 3.05. The normalized spacial score (nSPS) is 12.1. The predicted octanol–water partition coefficient (Wildman–Crippen LogP) is 1.73. The highest BCUT2D eigenvalue weighted by Crippen LogP contribution is 2.39. The van der Waals surface area contributed by atoms with Crippen molar-refractivity contribution in [3.63, 3.8) is 0 Å². The van der Waals surface area contributed by atoms with E-state index in [1.54, 1.807) is 6.07 Å². The summed E-state index contributed by atoms with van der Waals surface area (Å²) in [6.45, 7) is 1.88. The fourth-order valence-electron chi connectivity index (χ4n) is 1.70. The molecule has 1 unspecified atom stereocenters. The molecule has 0 aromatic heterocycles. The van der Waals surface area contributed by atoms with Crippen LogP contribution in [-0.4, -0.2) is 31.3 Å². The van der Waals surface area contributed by atoms with Crippen molar-refractivity contribution in [2.24, 2.45) is 5.73 Å². The third kappa shape index (κ3) is 2.94. The number of rotatable bonds is 5. The molecule has 1 atom stereocenters. The van der Waals surface area contributed by atoms with E-state index in [1.807, 2.05) is 6.92 Å². The van der Waals surface area contributed by atoms with Gasteiger partial charge in [-0.15, -0.1) is 0 Å². The second kappa shape index (κ2) is 6.06. The molecule has 0 aliphatic carbocycles. The number of hydrogen-bond acceptors (Lipinski definition) is 4. The van der Waals surface area contributed by atoms with Crippen molar-refractivity contribution in [1.82, 2.24) is 0 Å². The van der Waals surface area contributed by atoms with Crippen molar-refractivity contribution in [2.45, 2.75) is 19.4 Å². The van der Waals surface area contributed by atoms with Gasteiger partial charge in [0.1, 0.15) is 6.04 Å². The summed E-state index contributed by atoms with van der Waals surface area (Å²) >= 11 is 3.40. The number of ether oxygens (including phenoxy) is 2. The van der Waals surface area contributed by atoms with Crippen molar-refractivity contribution in [3.05, 3.63) is 21.7 Å². The molecule has 18 heavy (non-hydrogen) atoms. The lowest BCUT2D eigenvalue weighted by Crippen LogP contribution is -2.32. The van der Waals surface area contributed by atoms with Gasteiger partial charge in [0, 0.05) is 22.0 Å². The van der Waals surface area contributed by atoms with Crippen molar-refractivity contribution in [3.8, 4) is 11.5 Å². The Kier molecular flexibility index (Phi) is 4.98. The van der Waals surface area contributed by atoms with Crippen LogP contribution < -0.4 is 15.2 Å². The van der Waals surface area contributed by atoms with Crippen molar-refractivity contribution < 1.29 is 19.4 Å². The second-order valence-electron chi connectivity index (χ2n) is 3.86. The first-order chi connectivity index (χ1) is 8.42. The number of carboxylic acids is 1. The van der Waals surface area contributed by atoms with E-state index in [1.165, 1.54) is 14.2 Å². The minimum absolute atomic E-state index is 0.174. The molecular weight excluding hydrogens is 302 g/mol. The van der Waals surface area contributed by atoms with Crippen molar-refractivity contribution >= 4 is 21.9 Å². The first kappa shape index (κ1) is 14.8.